The number of rotatable bonds is 6. The van der Waals surface area contributed by atoms with Crippen molar-refractivity contribution in [2.45, 2.75) is 12.8 Å². The Morgan fingerprint density at radius 2 is 0.857 bits per heavy atom. The molecule has 5 heterocycles. The third-order valence-corrected chi connectivity index (χ3v) is 11.9. The van der Waals surface area contributed by atoms with Crippen LogP contribution < -0.4 is 0 Å². The van der Waals surface area contributed by atoms with E-state index in [1.807, 2.05) is 0 Å². The van der Waals surface area contributed by atoms with Crippen LogP contribution in [0.1, 0.15) is 67.0 Å². The molecule has 14 aromatic rings. The highest BCUT2D eigenvalue weighted by Crippen LogP contribution is 2.43. The maximum absolute atomic E-state index is 10.4. The van der Waals surface area contributed by atoms with Crippen molar-refractivity contribution >= 4 is 82.4 Å². The number of nitrogens with zero attached hydrogens (tertiary/aromatic N) is 7. The van der Waals surface area contributed by atoms with Crippen LogP contribution in [0.5, 0.6) is 0 Å². The molecule has 0 bridgehead atoms. The molecular weight excluding hydrogens is 855 g/mol. The average molecular weight is 932 g/mol. The van der Waals surface area contributed by atoms with Gasteiger partial charge in [-0.1, -0.05) is 151 Å². The molecule has 7 heteroatoms. The molecule has 7 nitrogen and oxygen atoms in total. The molecule has 1 aliphatic rings. The van der Waals surface area contributed by atoms with Crippen LogP contribution in [-0.2, 0) is 6.40 Å². The normalized spacial score (nSPS) is 22.3. The number of aryl methyl sites for hydroxylation is 1. The zero-order chi connectivity index (χ0) is 77.2. The highest BCUT2D eigenvalue weighted by molar-refractivity contribution is 6.12. The van der Waals surface area contributed by atoms with Crippen LogP contribution in [0.2, 0.25) is 0 Å². The summed E-state index contributed by atoms with van der Waals surface area (Å²) in [5.41, 5.74) is -9.65. The first-order valence-electron chi connectivity index (χ1n) is 39.1. The Balaban J connectivity index is 1.25. The second-order valence-electron chi connectivity index (χ2n) is 15.4. The van der Waals surface area contributed by atoms with Crippen LogP contribution in [0, 0.1) is 0 Å². The van der Waals surface area contributed by atoms with Crippen LogP contribution in [0.25, 0.3) is 128 Å². The van der Waals surface area contributed by atoms with Gasteiger partial charge in [0, 0.05) is 57.4 Å². The van der Waals surface area contributed by atoms with E-state index >= 15 is 0 Å². The lowest BCUT2D eigenvalue weighted by atomic mass is 10.0. The molecule has 0 saturated heterocycles. The third kappa shape index (κ3) is 5.60. The van der Waals surface area contributed by atoms with Crippen LogP contribution in [0.4, 0.5) is 0 Å². The van der Waals surface area contributed by atoms with Gasteiger partial charge in [0.25, 0.3) is 0 Å². The van der Waals surface area contributed by atoms with Gasteiger partial charge in [0.2, 0.25) is 5.95 Å². The number of allylic oxidation sites excluding steroid dienone is 1. The van der Waals surface area contributed by atoms with E-state index in [1.54, 1.807) is 0 Å². The molecule has 0 spiro atoms. The van der Waals surface area contributed by atoms with Gasteiger partial charge in [0.1, 0.15) is 0 Å². The smallest absolute Gasteiger partial charge is 0.238 e. The van der Waals surface area contributed by atoms with E-state index in [9.17, 15) is 24.7 Å². The molecule has 5 aromatic heterocycles. The van der Waals surface area contributed by atoms with E-state index in [1.165, 1.54) is 6.07 Å². The second kappa shape index (κ2) is 15.1. The van der Waals surface area contributed by atoms with Gasteiger partial charge in [0.05, 0.1) is 102 Å². The Labute approximate surface area is 452 Å². The fraction of sp³-hybridized carbons (Fsp3) is 0.0317. The second-order valence-corrected chi connectivity index (χ2v) is 15.4. The minimum atomic E-state index is -1.95. The zero-order valence-corrected chi connectivity index (χ0v) is 35.0. The molecule has 0 amide bonds. The number of hydrogen-bond acceptors (Lipinski definition) is 3. The van der Waals surface area contributed by atoms with Crippen molar-refractivity contribution in [1.29, 1.82) is 0 Å². The quantitative estimate of drug-likeness (QED) is 0.167. The maximum Gasteiger partial charge on any atom is 0.238 e. The van der Waals surface area contributed by atoms with E-state index in [2.05, 4.69) is 0 Å². The molecule has 0 radical (unpaired) electrons. The van der Waals surface area contributed by atoms with E-state index < -0.39 is 352 Å². The highest BCUT2D eigenvalue weighted by Gasteiger charge is 2.27. The molecule has 0 N–H and O–H groups in total. The first-order chi connectivity index (χ1) is 49.7. The molecule has 9 aromatic carbocycles. The summed E-state index contributed by atoms with van der Waals surface area (Å²) in [7, 11) is 0. The largest absolute Gasteiger partial charge is 0.309 e. The first kappa shape index (κ1) is 17.6. The van der Waals surface area contributed by atoms with Crippen molar-refractivity contribution < 1.29 is 49.3 Å². The molecule has 0 saturated carbocycles. The van der Waals surface area contributed by atoms with Crippen LogP contribution in [0.15, 0.2) is 218 Å². The van der Waals surface area contributed by atoms with Gasteiger partial charge in [-0.2, -0.15) is 9.97 Å². The summed E-state index contributed by atoms with van der Waals surface area (Å²) in [6, 6.07) is -28.9. The zero-order valence-electron chi connectivity index (χ0n) is 71.0. The SMILES string of the molecule is [2H]C1=C([2H])C([2H])C([2H])c2c1n(-c1cccc(-n3c4c([2H])c([2H])c([2H])c([2H])c4c4c([2H])c([2H])c([2H])c([2H])c43)c1-c1nc(-c3c([2H])c([2H])c([2H])c(-n4c5c([2H])c([2H])c([2H])c([2H])c5c5c([2H])c([2H])c([2H])c([2H])c54)c3[2H])nc(-n3c4c([2H])c([2H])c([2H])c([2H])c4c4c([2H])c([2H])c([2H])c([2H])c43)n1)c1c([2H])c([2H])c([2H])c([2H])c21. The van der Waals surface area contributed by atoms with E-state index in [0.717, 1.165) is 21.3 Å². The van der Waals surface area contributed by atoms with Crippen molar-refractivity contribution in [3.05, 3.63) is 229 Å². The Bertz CT molecular complexity index is 6390. The molecule has 0 aliphatic heterocycles. The summed E-state index contributed by atoms with van der Waals surface area (Å²) in [4.78, 5) is 14.6. The first-order valence-corrected chi connectivity index (χ1v) is 20.9. The fourth-order valence-corrected chi connectivity index (χ4v) is 9.08. The Hall–Kier alpha value is -9.33. The molecule has 70 heavy (non-hydrogen) atoms. The van der Waals surface area contributed by atoms with E-state index in [0.29, 0.717) is 9.13 Å². The maximum atomic E-state index is 10.4. The van der Waals surface area contributed by atoms with Crippen molar-refractivity contribution in [2.24, 2.45) is 0 Å². The lowest BCUT2D eigenvalue weighted by Gasteiger charge is -2.21. The standard InChI is InChI=1S/C63H41N7/c1-9-29-50-42(21-1)43-22-2-10-30-51(43)67(50)41-20-17-19-40(39-41)61-64-62(66-63(65-61)70-56-35-15-7-27-48(56)49-28-8-16-36-57(49)70)60-58(68-52-31-11-3-23-44(52)45-24-4-12-32-53(45)68)37-18-38-59(60)69-54-33-13-5-25-46(54)47-26-6-14-34-55(47)69/h1-5,7-25,27-39H,6,26H2/i1D,2D,3D,4D,5D,6D,7D,8D,9D,10D,11D,12D,13D,14D,15D,16D,17D,19D,20D,21D,22D,23D,24D,25D,26D,27D,28D,29D,30D,31D,32D,33D,34D,35D,36D,39D. The lowest BCUT2D eigenvalue weighted by Crippen LogP contribution is -2.11. The van der Waals surface area contributed by atoms with Gasteiger partial charge in [0.15, 0.2) is 11.6 Å². The van der Waals surface area contributed by atoms with Crippen molar-refractivity contribution in [3.8, 4) is 45.8 Å². The van der Waals surface area contributed by atoms with Gasteiger partial charge in [-0.25, -0.2) is 4.98 Å². The molecule has 2 atom stereocenters. The summed E-state index contributed by atoms with van der Waals surface area (Å²) in [6.45, 7) is 0. The monoisotopic (exact) mass is 932 g/mol. The molecule has 2 unspecified atom stereocenters. The van der Waals surface area contributed by atoms with Crippen LogP contribution in [0.3, 0.4) is 0 Å². The van der Waals surface area contributed by atoms with Gasteiger partial charge in [-0.3, -0.25) is 4.57 Å². The minimum absolute atomic E-state index is 0.437. The number of benzene rings is 9. The summed E-state index contributed by atoms with van der Waals surface area (Å²) >= 11 is 0. The number of hydrogen-bond donors (Lipinski definition) is 0. The van der Waals surface area contributed by atoms with Crippen molar-refractivity contribution in [3.63, 3.8) is 0 Å². The molecule has 0 fully saturated rings. The van der Waals surface area contributed by atoms with Crippen molar-refractivity contribution in [2.75, 3.05) is 0 Å². The topological polar surface area (TPSA) is 58.4 Å². The molecule has 1 aliphatic carbocycles. The Morgan fingerprint density at radius 3 is 1.40 bits per heavy atom. The lowest BCUT2D eigenvalue weighted by molar-refractivity contribution is 0.944. The summed E-state index contributed by atoms with van der Waals surface area (Å²) in [6.07, 6.45) is -3.86. The van der Waals surface area contributed by atoms with Gasteiger partial charge >= 0.3 is 0 Å². The number of aromatic nitrogens is 7. The third-order valence-electron chi connectivity index (χ3n) is 11.9. The molecular formula is C63H41N7. The molecule has 328 valence electrons. The highest BCUT2D eigenvalue weighted by atomic mass is 15.2. The summed E-state index contributed by atoms with van der Waals surface area (Å²) in [5.74, 6) is -3.16. The van der Waals surface area contributed by atoms with E-state index in [4.69, 9.17) is 39.6 Å². The average Bonchev–Trinajstić information content (AvgIpc) is 1.55. The summed E-state index contributed by atoms with van der Waals surface area (Å²) in [5, 5.41) is -3.97. The summed E-state index contributed by atoms with van der Waals surface area (Å²) < 4.78 is 337. The van der Waals surface area contributed by atoms with Crippen LogP contribution in [-0.4, -0.2) is 33.2 Å². The van der Waals surface area contributed by atoms with Crippen molar-refractivity contribution in [1.82, 2.24) is 33.2 Å². The Kier molecular flexibility index (Phi) is 3.80. The minimum Gasteiger partial charge on any atom is -0.309 e. The van der Waals surface area contributed by atoms with Crippen LogP contribution >= 0.6 is 0 Å². The number of fused-ring (bicyclic) bond motifs is 12. The number of para-hydroxylation sites is 7. The van der Waals surface area contributed by atoms with E-state index in [-0.39, 0.29) is 0 Å². The van der Waals surface area contributed by atoms with Gasteiger partial charge < -0.3 is 13.7 Å². The Morgan fingerprint density at radius 1 is 0.414 bits per heavy atom. The molecule has 15 rings (SSSR count). The predicted molar refractivity (Wildman–Crippen MR) is 288 cm³/mol. The van der Waals surface area contributed by atoms with Gasteiger partial charge in [-0.15, -0.1) is 0 Å². The fourth-order valence-electron chi connectivity index (χ4n) is 9.08. The van der Waals surface area contributed by atoms with Gasteiger partial charge in [-0.05, 0) is 90.9 Å². The predicted octanol–water partition coefficient (Wildman–Crippen LogP) is 15.4.